The third-order valence-corrected chi connectivity index (χ3v) is 3.57. The molecule has 0 fully saturated rings. The predicted octanol–water partition coefficient (Wildman–Crippen LogP) is 0.187. The lowest BCUT2D eigenvalue weighted by Gasteiger charge is -2.08. The summed E-state index contributed by atoms with van der Waals surface area (Å²) < 4.78 is 7.22. The lowest BCUT2D eigenvalue weighted by Crippen LogP contribution is -2.35. The Labute approximate surface area is 142 Å². The second-order valence-corrected chi connectivity index (χ2v) is 5.17. The number of rotatable bonds is 5. The molecule has 4 rings (SSSR count). The van der Waals surface area contributed by atoms with Crippen molar-refractivity contribution < 1.29 is 9.42 Å². The van der Waals surface area contributed by atoms with Crippen LogP contribution in [-0.4, -0.2) is 47.8 Å². The van der Waals surface area contributed by atoms with Crippen LogP contribution >= 0.6 is 0 Å². The van der Waals surface area contributed by atoms with Crippen LogP contribution in [0.1, 0.15) is 5.56 Å². The van der Waals surface area contributed by atoms with Gasteiger partial charge < -0.3 is 4.74 Å². The summed E-state index contributed by atoms with van der Waals surface area (Å²) in [6.07, 6.45) is 3.29. The van der Waals surface area contributed by atoms with E-state index in [-0.39, 0.29) is 0 Å². The molecule has 1 aromatic carbocycles. The molecule has 10 nitrogen and oxygen atoms in total. The first kappa shape index (κ1) is 14.9. The highest BCUT2D eigenvalue weighted by atomic mass is 16.5. The molecule has 3 aromatic heterocycles. The van der Waals surface area contributed by atoms with E-state index in [2.05, 4.69) is 35.9 Å². The number of pyridine rings is 1. The number of H-pyrrole nitrogens is 1. The lowest BCUT2D eigenvalue weighted by atomic mass is 10.2. The minimum Gasteiger partial charge on any atom is -0.496 e. The maximum Gasteiger partial charge on any atom is 0.288 e. The van der Waals surface area contributed by atoms with Crippen molar-refractivity contribution >= 4 is 0 Å². The van der Waals surface area contributed by atoms with Gasteiger partial charge in [0.15, 0.2) is 5.21 Å². The second kappa shape index (κ2) is 6.43. The topological polar surface area (TPSA) is 111 Å². The highest BCUT2D eigenvalue weighted by molar-refractivity contribution is 5.48. The number of benzene rings is 1. The van der Waals surface area contributed by atoms with Crippen molar-refractivity contribution in [3.63, 3.8) is 0 Å². The van der Waals surface area contributed by atoms with Crippen LogP contribution in [0.2, 0.25) is 0 Å². The van der Waals surface area contributed by atoms with Gasteiger partial charge in [0, 0.05) is 17.8 Å². The fourth-order valence-electron chi connectivity index (χ4n) is 2.37. The van der Waals surface area contributed by atoms with Crippen LogP contribution in [0, 0.1) is 0 Å². The molecule has 0 saturated carbocycles. The molecule has 0 bridgehead atoms. The van der Waals surface area contributed by atoms with Crippen molar-refractivity contribution in [3.8, 4) is 23.0 Å². The van der Waals surface area contributed by atoms with Crippen molar-refractivity contribution in [2.75, 3.05) is 7.11 Å². The summed E-state index contributed by atoms with van der Waals surface area (Å²) in [5.41, 5.74) is 2.37. The number of hydrogen-bond donors (Lipinski definition) is 1. The zero-order valence-corrected chi connectivity index (χ0v) is 13.3. The molecule has 0 radical (unpaired) electrons. The molecule has 0 aliphatic carbocycles. The van der Waals surface area contributed by atoms with Gasteiger partial charge in [0.2, 0.25) is 5.82 Å². The van der Waals surface area contributed by atoms with E-state index in [9.17, 15) is 0 Å². The second-order valence-electron chi connectivity index (χ2n) is 5.17. The summed E-state index contributed by atoms with van der Waals surface area (Å²) in [5.74, 6) is 1.17. The van der Waals surface area contributed by atoms with E-state index in [1.165, 1.54) is 4.80 Å². The Kier molecular flexibility index (Phi) is 3.83. The lowest BCUT2D eigenvalue weighted by molar-refractivity contribution is -0.746. The molecule has 0 spiro atoms. The normalized spacial score (nSPS) is 10.8. The maximum atomic E-state index is 5.48. The Balaban J connectivity index is 1.64. The minimum atomic E-state index is 0.461. The molecular formula is C15H14N9O+. The van der Waals surface area contributed by atoms with E-state index in [0.29, 0.717) is 23.8 Å². The number of aromatic nitrogens is 9. The Morgan fingerprint density at radius 2 is 2.20 bits per heavy atom. The third-order valence-electron chi connectivity index (χ3n) is 3.57. The summed E-state index contributed by atoms with van der Waals surface area (Å²) in [5, 5.41) is 22.7. The van der Waals surface area contributed by atoms with Crippen LogP contribution in [0.15, 0.2) is 48.9 Å². The van der Waals surface area contributed by atoms with Crippen LogP contribution in [0.25, 0.3) is 17.2 Å². The number of aromatic amines is 1. The Morgan fingerprint density at radius 1 is 1.24 bits per heavy atom. The Hall–Kier alpha value is -3.69. The zero-order valence-electron chi connectivity index (χ0n) is 13.3. The SMILES string of the molecule is COc1cc(-n2nnc(-c3ccccn3)n2)ccc1C[n+]1cnn[nH]1. The number of tetrazole rings is 2. The number of hydrogen-bond acceptors (Lipinski definition) is 7. The number of ether oxygens (including phenoxy) is 1. The monoisotopic (exact) mass is 336 g/mol. The Morgan fingerprint density at radius 3 is 2.96 bits per heavy atom. The summed E-state index contributed by atoms with van der Waals surface area (Å²) in [7, 11) is 1.62. The first-order valence-corrected chi connectivity index (χ1v) is 7.48. The predicted molar refractivity (Wildman–Crippen MR) is 84.6 cm³/mol. The summed E-state index contributed by atoms with van der Waals surface area (Å²) in [6.45, 7) is 0.556. The van der Waals surface area contributed by atoms with Crippen molar-refractivity contribution in [2.45, 2.75) is 6.54 Å². The fourth-order valence-corrected chi connectivity index (χ4v) is 2.37. The minimum absolute atomic E-state index is 0.461. The smallest absolute Gasteiger partial charge is 0.288 e. The van der Waals surface area contributed by atoms with Crippen LogP contribution < -0.4 is 9.42 Å². The first-order chi connectivity index (χ1) is 12.3. The van der Waals surface area contributed by atoms with Gasteiger partial charge in [-0.25, -0.2) is 0 Å². The molecule has 0 unspecified atom stereocenters. The molecule has 1 N–H and O–H groups in total. The fraction of sp³-hybridized carbons (Fsp3) is 0.133. The van der Waals surface area contributed by atoms with E-state index in [0.717, 1.165) is 11.3 Å². The molecule has 0 amide bonds. The van der Waals surface area contributed by atoms with Gasteiger partial charge in [-0.05, 0) is 29.5 Å². The van der Waals surface area contributed by atoms with Crippen molar-refractivity contribution in [1.82, 2.24) is 40.7 Å². The number of nitrogens with one attached hydrogen (secondary N) is 1. The number of nitrogens with zero attached hydrogens (tertiary/aromatic N) is 8. The molecule has 25 heavy (non-hydrogen) atoms. The molecule has 3 heterocycles. The van der Waals surface area contributed by atoms with Gasteiger partial charge in [-0.3, -0.25) is 4.98 Å². The summed E-state index contributed by atoms with van der Waals surface area (Å²) in [4.78, 5) is 5.67. The van der Waals surface area contributed by atoms with Gasteiger partial charge in [-0.2, -0.15) is 4.68 Å². The first-order valence-electron chi connectivity index (χ1n) is 7.48. The van der Waals surface area contributed by atoms with Gasteiger partial charge >= 0.3 is 0 Å². The van der Waals surface area contributed by atoms with E-state index in [4.69, 9.17) is 4.74 Å². The molecule has 124 valence electrons. The van der Waals surface area contributed by atoms with Gasteiger partial charge in [-0.1, -0.05) is 11.3 Å². The third kappa shape index (κ3) is 3.04. The molecule has 4 aromatic rings. The summed E-state index contributed by atoms with van der Waals surface area (Å²) >= 11 is 0. The molecule has 0 aliphatic heterocycles. The molecular weight excluding hydrogens is 322 g/mol. The highest BCUT2D eigenvalue weighted by Gasteiger charge is 2.12. The van der Waals surface area contributed by atoms with E-state index in [1.807, 2.05) is 36.4 Å². The van der Waals surface area contributed by atoms with E-state index >= 15 is 0 Å². The van der Waals surface area contributed by atoms with Crippen molar-refractivity contribution in [3.05, 3.63) is 54.5 Å². The molecule has 0 aliphatic rings. The highest BCUT2D eigenvalue weighted by Crippen LogP contribution is 2.22. The average molecular weight is 336 g/mol. The van der Waals surface area contributed by atoms with Gasteiger partial charge in [0.1, 0.15) is 23.1 Å². The van der Waals surface area contributed by atoms with Gasteiger partial charge in [0.25, 0.3) is 6.33 Å². The quantitative estimate of drug-likeness (QED) is 0.518. The van der Waals surface area contributed by atoms with E-state index < -0.39 is 0 Å². The van der Waals surface area contributed by atoms with Crippen LogP contribution in [0.3, 0.4) is 0 Å². The molecule has 0 saturated heterocycles. The van der Waals surface area contributed by atoms with E-state index in [1.54, 1.807) is 24.3 Å². The van der Waals surface area contributed by atoms with Crippen LogP contribution in [-0.2, 0) is 6.54 Å². The summed E-state index contributed by atoms with van der Waals surface area (Å²) in [6, 6.07) is 11.2. The van der Waals surface area contributed by atoms with Crippen LogP contribution in [0.4, 0.5) is 0 Å². The average Bonchev–Trinajstić information content (AvgIpc) is 3.35. The maximum absolute atomic E-state index is 5.48. The largest absolute Gasteiger partial charge is 0.496 e. The van der Waals surface area contributed by atoms with Crippen LogP contribution in [0.5, 0.6) is 5.75 Å². The van der Waals surface area contributed by atoms with Crippen molar-refractivity contribution in [1.29, 1.82) is 0 Å². The zero-order chi connectivity index (χ0) is 17.1. The molecule has 0 atom stereocenters. The molecule has 10 heteroatoms. The van der Waals surface area contributed by atoms with Crippen molar-refractivity contribution in [2.24, 2.45) is 0 Å². The Bertz CT molecular complexity index is 966. The van der Waals surface area contributed by atoms with Gasteiger partial charge in [0.05, 0.1) is 12.8 Å². The van der Waals surface area contributed by atoms with Gasteiger partial charge in [-0.15, -0.1) is 15.0 Å². The number of methoxy groups -OCH3 is 1. The standard InChI is InChI=1S/C15H13N9O/c1-25-14-8-12(6-5-11(14)9-23-10-17-20-22-23)24-19-15(18-21-24)13-4-2-3-7-16-13/h2-8,10H,9H2,1H3/p+1.